The van der Waals surface area contributed by atoms with Gasteiger partial charge in [0.2, 0.25) is 6.41 Å². The summed E-state index contributed by atoms with van der Waals surface area (Å²) < 4.78 is 0. The Morgan fingerprint density at radius 3 is 2.47 bits per heavy atom. The van der Waals surface area contributed by atoms with E-state index in [1.807, 2.05) is 6.07 Å². The zero-order chi connectivity index (χ0) is 10.7. The highest BCUT2D eigenvalue weighted by Crippen LogP contribution is 2.12. The van der Waals surface area contributed by atoms with E-state index in [1.54, 1.807) is 11.0 Å². The largest absolute Gasteiger partial charge is 0.382 e. The first-order valence-corrected chi connectivity index (χ1v) is 4.83. The maximum absolute atomic E-state index is 10.5. The minimum atomic E-state index is 0.422. The van der Waals surface area contributed by atoms with Crippen molar-refractivity contribution in [1.82, 2.24) is 15.1 Å². The number of nitrogens with two attached hydrogens (primary N) is 1. The predicted octanol–water partition coefficient (Wildman–Crippen LogP) is -0.663. The number of amides is 1. The minimum absolute atomic E-state index is 0.422. The number of nitrogens with zero attached hydrogens (tertiary/aromatic N) is 4. The summed E-state index contributed by atoms with van der Waals surface area (Å²) in [7, 11) is 0. The molecule has 2 N–H and O–H groups in total. The summed E-state index contributed by atoms with van der Waals surface area (Å²) in [5, 5.41) is 7.79. The van der Waals surface area contributed by atoms with E-state index in [2.05, 4.69) is 15.1 Å². The normalized spacial score (nSPS) is 16.5. The number of anilines is 2. The van der Waals surface area contributed by atoms with Crippen LogP contribution in [0, 0.1) is 0 Å². The van der Waals surface area contributed by atoms with Crippen molar-refractivity contribution in [2.45, 2.75) is 0 Å². The van der Waals surface area contributed by atoms with Gasteiger partial charge in [-0.2, -0.15) is 0 Å². The second kappa shape index (κ2) is 4.12. The topological polar surface area (TPSA) is 75.3 Å². The number of aromatic nitrogens is 2. The molecule has 2 heterocycles. The van der Waals surface area contributed by atoms with Gasteiger partial charge >= 0.3 is 0 Å². The van der Waals surface area contributed by atoms with E-state index in [0.29, 0.717) is 5.82 Å². The monoisotopic (exact) mass is 207 g/mol. The van der Waals surface area contributed by atoms with Crippen LogP contribution in [0.25, 0.3) is 0 Å². The molecule has 1 saturated heterocycles. The van der Waals surface area contributed by atoms with Crippen molar-refractivity contribution in [1.29, 1.82) is 0 Å². The van der Waals surface area contributed by atoms with Crippen molar-refractivity contribution >= 4 is 18.0 Å². The van der Waals surface area contributed by atoms with Crippen LogP contribution >= 0.6 is 0 Å². The number of carbonyl (C=O) groups is 1. The van der Waals surface area contributed by atoms with E-state index in [1.165, 1.54) is 0 Å². The summed E-state index contributed by atoms with van der Waals surface area (Å²) in [6.07, 6.45) is 0.881. The van der Waals surface area contributed by atoms with E-state index >= 15 is 0 Å². The van der Waals surface area contributed by atoms with E-state index < -0.39 is 0 Å². The Balaban J connectivity index is 2.01. The van der Waals surface area contributed by atoms with Gasteiger partial charge in [-0.3, -0.25) is 4.79 Å². The number of rotatable bonds is 2. The fourth-order valence-electron chi connectivity index (χ4n) is 1.56. The molecular formula is C9H13N5O. The summed E-state index contributed by atoms with van der Waals surface area (Å²) in [5.41, 5.74) is 5.45. The van der Waals surface area contributed by atoms with Gasteiger partial charge in [0.05, 0.1) is 0 Å². The third kappa shape index (κ3) is 2.15. The molecule has 15 heavy (non-hydrogen) atoms. The van der Waals surface area contributed by atoms with Crippen molar-refractivity contribution in [2.75, 3.05) is 36.8 Å². The lowest BCUT2D eigenvalue weighted by molar-refractivity contribution is -0.118. The first-order chi connectivity index (χ1) is 7.29. The summed E-state index contributed by atoms with van der Waals surface area (Å²) in [6, 6.07) is 3.58. The van der Waals surface area contributed by atoms with Crippen molar-refractivity contribution in [2.24, 2.45) is 0 Å². The van der Waals surface area contributed by atoms with Gasteiger partial charge in [-0.25, -0.2) is 0 Å². The van der Waals surface area contributed by atoms with Crippen LogP contribution in [0.3, 0.4) is 0 Å². The van der Waals surface area contributed by atoms with Gasteiger partial charge < -0.3 is 15.5 Å². The molecule has 0 unspecified atom stereocenters. The molecule has 6 nitrogen and oxygen atoms in total. The van der Waals surface area contributed by atoms with E-state index in [9.17, 15) is 4.79 Å². The van der Waals surface area contributed by atoms with E-state index in [-0.39, 0.29) is 0 Å². The van der Waals surface area contributed by atoms with Crippen LogP contribution in [0.2, 0.25) is 0 Å². The Labute approximate surface area is 87.7 Å². The predicted molar refractivity (Wildman–Crippen MR) is 56.3 cm³/mol. The summed E-state index contributed by atoms with van der Waals surface area (Å²) in [5.74, 6) is 1.24. The summed E-state index contributed by atoms with van der Waals surface area (Å²) in [4.78, 5) is 14.4. The van der Waals surface area contributed by atoms with Crippen molar-refractivity contribution in [3.05, 3.63) is 12.1 Å². The van der Waals surface area contributed by atoms with Gasteiger partial charge in [0.1, 0.15) is 5.82 Å². The molecule has 0 spiro atoms. The van der Waals surface area contributed by atoms with Gasteiger partial charge in [0.15, 0.2) is 5.82 Å². The molecule has 1 aliphatic rings. The zero-order valence-corrected chi connectivity index (χ0v) is 8.33. The Morgan fingerprint density at radius 2 is 1.93 bits per heavy atom. The molecule has 0 bridgehead atoms. The first kappa shape index (κ1) is 9.70. The molecule has 0 radical (unpaired) electrons. The van der Waals surface area contributed by atoms with Gasteiger partial charge in [0, 0.05) is 26.2 Å². The Bertz CT molecular complexity index is 331. The maximum atomic E-state index is 10.5. The standard InChI is InChI=1S/C9H13N5O/c10-8-1-2-9(12-11-8)14-5-3-13(7-15)4-6-14/h1-2,7H,3-6H2,(H2,10,11). The average molecular weight is 207 g/mol. The Morgan fingerprint density at radius 1 is 1.20 bits per heavy atom. The molecule has 0 saturated carbocycles. The second-order valence-electron chi connectivity index (χ2n) is 3.44. The van der Waals surface area contributed by atoms with Crippen LogP contribution in [-0.4, -0.2) is 47.7 Å². The third-order valence-corrected chi connectivity index (χ3v) is 2.46. The number of carbonyl (C=O) groups excluding carboxylic acids is 1. The molecule has 2 rings (SSSR count). The first-order valence-electron chi connectivity index (χ1n) is 4.83. The Hall–Kier alpha value is -1.85. The summed E-state index contributed by atoms with van der Waals surface area (Å²) in [6.45, 7) is 3.04. The molecule has 0 aliphatic carbocycles. The number of hydrogen-bond acceptors (Lipinski definition) is 5. The Kier molecular flexibility index (Phi) is 2.66. The van der Waals surface area contributed by atoms with Gasteiger partial charge in [-0.1, -0.05) is 0 Å². The molecule has 80 valence electrons. The smallest absolute Gasteiger partial charge is 0.209 e. The van der Waals surface area contributed by atoms with E-state index in [4.69, 9.17) is 5.73 Å². The lowest BCUT2D eigenvalue weighted by Gasteiger charge is -2.32. The molecule has 1 fully saturated rings. The molecular weight excluding hydrogens is 194 g/mol. The third-order valence-electron chi connectivity index (χ3n) is 2.46. The highest BCUT2D eigenvalue weighted by atomic mass is 16.1. The number of piperazine rings is 1. The second-order valence-corrected chi connectivity index (χ2v) is 3.44. The quantitative estimate of drug-likeness (QED) is 0.651. The highest BCUT2D eigenvalue weighted by Gasteiger charge is 2.16. The van der Waals surface area contributed by atoms with Crippen LogP contribution in [0.15, 0.2) is 12.1 Å². The molecule has 1 aromatic rings. The molecule has 1 amide bonds. The zero-order valence-electron chi connectivity index (χ0n) is 8.33. The SMILES string of the molecule is Nc1ccc(N2CCN(C=O)CC2)nn1. The van der Waals surface area contributed by atoms with Crippen LogP contribution in [0.5, 0.6) is 0 Å². The molecule has 6 heteroatoms. The lowest BCUT2D eigenvalue weighted by Crippen LogP contribution is -2.46. The molecule has 1 aliphatic heterocycles. The van der Waals surface area contributed by atoms with E-state index in [0.717, 1.165) is 38.4 Å². The van der Waals surface area contributed by atoms with Gasteiger partial charge in [-0.15, -0.1) is 10.2 Å². The van der Waals surface area contributed by atoms with Crippen LogP contribution in [0.1, 0.15) is 0 Å². The number of hydrogen-bond donors (Lipinski definition) is 1. The number of nitrogen functional groups attached to an aromatic ring is 1. The lowest BCUT2D eigenvalue weighted by atomic mass is 10.3. The average Bonchev–Trinajstić information content (AvgIpc) is 2.30. The fraction of sp³-hybridized carbons (Fsp3) is 0.444. The highest BCUT2D eigenvalue weighted by molar-refractivity contribution is 5.49. The summed E-state index contributed by atoms with van der Waals surface area (Å²) >= 11 is 0. The maximum Gasteiger partial charge on any atom is 0.209 e. The molecule has 1 aromatic heterocycles. The molecule has 0 atom stereocenters. The van der Waals surface area contributed by atoms with Crippen LogP contribution in [0.4, 0.5) is 11.6 Å². The molecule has 0 aromatic carbocycles. The van der Waals surface area contributed by atoms with Crippen molar-refractivity contribution < 1.29 is 4.79 Å². The minimum Gasteiger partial charge on any atom is -0.382 e. The van der Waals surface area contributed by atoms with Gasteiger partial charge in [-0.05, 0) is 12.1 Å². The van der Waals surface area contributed by atoms with Crippen molar-refractivity contribution in [3.8, 4) is 0 Å². The van der Waals surface area contributed by atoms with Crippen molar-refractivity contribution in [3.63, 3.8) is 0 Å². The van der Waals surface area contributed by atoms with Gasteiger partial charge in [0.25, 0.3) is 0 Å². The van der Waals surface area contributed by atoms with Crippen LogP contribution in [-0.2, 0) is 4.79 Å². The van der Waals surface area contributed by atoms with Crippen LogP contribution < -0.4 is 10.6 Å². The fourth-order valence-corrected chi connectivity index (χ4v) is 1.56.